The third-order valence-corrected chi connectivity index (χ3v) is 1.99. The smallest absolute Gasteiger partial charge is 0.159 e. The highest BCUT2D eigenvalue weighted by molar-refractivity contribution is 7.98. The van der Waals surface area contributed by atoms with Gasteiger partial charge in [-0.05, 0) is 25.3 Å². The van der Waals surface area contributed by atoms with Crippen LogP contribution in [0.5, 0.6) is 0 Å². The standard InChI is InChI=1S/C8H9NOS/c1-6(10)7-3-4-9-8(5-7)11-2/h3-5H,1-2H3. The Morgan fingerprint density at radius 2 is 2.36 bits per heavy atom. The fourth-order valence-corrected chi connectivity index (χ4v) is 1.15. The van der Waals surface area contributed by atoms with Gasteiger partial charge in [-0.25, -0.2) is 4.98 Å². The Morgan fingerprint density at radius 3 is 2.91 bits per heavy atom. The molecule has 0 spiro atoms. The van der Waals surface area contributed by atoms with Gasteiger partial charge in [0.2, 0.25) is 0 Å². The maximum atomic E-state index is 10.9. The molecule has 0 saturated carbocycles. The van der Waals surface area contributed by atoms with Gasteiger partial charge in [-0.3, -0.25) is 4.79 Å². The number of Topliss-reactive ketones (excluding diaryl/α,β-unsaturated/α-hetero) is 1. The molecule has 11 heavy (non-hydrogen) atoms. The molecule has 58 valence electrons. The highest BCUT2D eigenvalue weighted by atomic mass is 32.2. The average Bonchev–Trinajstić information content (AvgIpc) is 2.05. The van der Waals surface area contributed by atoms with Crippen LogP contribution in [0.1, 0.15) is 17.3 Å². The van der Waals surface area contributed by atoms with Gasteiger partial charge in [0.1, 0.15) is 0 Å². The fraction of sp³-hybridized carbons (Fsp3) is 0.250. The average molecular weight is 167 g/mol. The fourth-order valence-electron chi connectivity index (χ4n) is 0.740. The Kier molecular flexibility index (Phi) is 2.65. The first kappa shape index (κ1) is 8.27. The maximum Gasteiger partial charge on any atom is 0.159 e. The number of hydrogen-bond acceptors (Lipinski definition) is 3. The summed E-state index contributed by atoms with van der Waals surface area (Å²) >= 11 is 1.54. The predicted octanol–water partition coefficient (Wildman–Crippen LogP) is 2.01. The van der Waals surface area contributed by atoms with Gasteiger partial charge in [0.15, 0.2) is 5.78 Å². The van der Waals surface area contributed by atoms with Gasteiger partial charge in [-0.2, -0.15) is 0 Å². The Hall–Kier alpha value is -0.830. The molecular formula is C8H9NOS. The zero-order valence-electron chi connectivity index (χ0n) is 6.50. The van der Waals surface area contributed by atoms with Crippen molar-refractivity contribution in [1.82, 2.24) is 4.98 Å². The van der Waals surface area contributed by atoms with Crippen LogP contribution in [0.2, 0.25) is 0 Å². The molecule has 0 fully saturated rings. The van der Waals surface area contributed by atoms with Crippen molar-refractivity contribution in [2.24, 2.45) is 0 Å². The molecule has 1 aromatic heterocycles. The van der Waals surface area contributed by atoms with Crippen LogP contribution in [0.4, 0.5) is 0 Å². The number of ketones is 1. The van der Waals surface area contributed by atoms with Crippen LogP contribution in [0.25, 0.3) is 0 Å². The minimum Gasteiger partial charge on any atom is -0.295 e. The van der Waals surface area contributed by atoms with Crippen molar-refractivity contribution < 1.29 is 4.79 Å². The molecule has 0 N–H and O–H groups in total. The number of rotatable bonds is 2. The second-order valence-corrected chi connectivity index (χ2v) is 2.97. The number of hydrogen-bond donors (Lipinski definition) is 0. The van der Waals surface area contributed by atoms with Gasteiger partial charge in [-0.1, -0.05) is 0 Å². The summed E-state index contributed by atoms with van der Waals surface area (Å²) in [6, 6.07) is 3.52. The molecule has 0 bridgehead atoms. The third kappa shape index (κ3) is 2.05. The van der Waals surface area contributed by atoms with E-state index in [0.717, 1.165) is 10.6 Å². The van der Waals surface area contributed by atoms with Crippen LogP contribution < -0.4 is 0 Å². The SMILES string of the molecule is CSc1cc(C(C)=O)ccn1. The number of nitrogens with zero attached hydrogens (tertiary/aromatic N) is 1. The molecule has 1 rings (SSSR count). The first-order valence-corrected chi connectivity index (χ1v) is 4.47. The number of thioether (sulfide) groups is 1. The Balaban J connectivity index is 3.01. The van der Waals surface area contributed by atoms with E-state index in [4.69, 9.17) is 0 Å². The molecule has 0 aliphatic carbocycles. The predicted molar refractivity (Wildman–Crippen MR) is 46.0 cm³/mol. The first-order valence-electron chi connectivity index (χ1n) is 3.25. The minimum absolute atomic E-state index is 0.0858. The summed E-state index contributed by atoms with van der Waals surface area (Å²) < 4.78 is 0. The van der Waals surface area contributed by atoms with Crippen LogP contribution in [0.3, 0.4) is 0 Å². The lowest BCUT2D eigenvalue weighted by molar-refractivity contribution is 0.101. The summed E-state index contributed by atoms with van der Waals surface area (Å²) in [5.74, 6) is 0.0858. The summed E-state index contributed by atoms with van der Waals surface area (Å²) in [5.41, 5.74) is 0.726. The van der Waals surface area contributed by atoms with E-state index in [1.54, 1.807) is 25.3 Å². The van der Waals surface area contributed by atoms with E-state index in [1.807, 2.05) is 6.26 Å². The molecule has 0 atom stereocenters. The number of aromatic nitrogens is 1. The summed E-state index contributed by atoms with van der Waals surface area (Å²) in [6.07, 6.45) is 3.59. The first-order chi connectivity index (χ1) is 5.24. The van der Waals surface area contributed by atoms with Gasteiger partial charge in [-0.15, -0.1) is 11.8 Å². The lowest BCUT2D eigenvalue weighted by atomic mass is 10.2. The molecule has 1 heterocycles. The minimum atomic E-state index is 0.0858. The Labute approximate surface area is 70.0 Å². The quantitative estimate of drug-likeness (QED) is 0.498. The van der Waals surface area contributed by atoms with Gasteiger partial charge >= 0.3 is 0 Å². The summed E-state index contributed by atoms with van der Waals surface area (Å²) in [5, 5.41) is 0.887. The Morgan fingerprint density at radius 1 is 1.64 bits per heavy atom. The van der Waals surface area contributed by atoms with Crippen molar-refractivity contribution in [2.75, 3.05) is 6.26 Å². The zero-order chi connectivity index (χ0) is 8.27. The highest BCUT2D eigenvalue weighted by Gasteiger charge is 1.99. The lowest BCUT2D eigenvalue weighted by Gasteiger charge is -1.96. The van der Waals surface area contributed by atoms with E-state index in [9.17, 15) is 4.79 Å². The zero-order valence-corrected chi connectivity index (χ0v) is 7.31. The van der Waals surface area contributed by atoms with E-state index in [2.05, 4.69) is 4.98 Å². The van der Waals surface area contributed by atoms with Gasteiger partial charge < -0.3 is 0 Å². The molecule has 0 aromatic carbocycles. The molecule has 0 amide bonds. The van der Waals surface area contributed by atoms with Crippen molar-refractivity contribution in [3.63, 3.8) is 0 Å². The lowest BCUT2D eigenvalue weighted by Crippen LogP contribution is -1.92. The van der Waals surface area contributed by atoms with E-state index in [0.29, 0.717) is 0 Å². The molecule has 0 saturated heterocycles. The van der Waals surface area contributed by atoms with E-state index in [-0.39, 0.29) is 5.78 Å². The molecule has 3 heteroatoms. The summed E-state index contributed by atoms with van der Waals surface area (Å²) in [6.45, 7) is 1.56. The largest absolute Gasteiger partial charge is 0.295 e. The van der Waals surface area contributed by atoms with E-state index in [1.165, 1.54) is 11.8 Å². The Bertz CT molecular complexity index is 273. The van der Waals surface area contributed by atoms with Gasteiger partial charge in [0, 0.05) is 11.8 Å². The monoisotopic (exact) mass is 167 g/mol. The second kappa shape index (κ2) is 3.53. The summed E-state index contributed by atoms with van der Waals surface area (Å²) in [7, 11) is 0. The van der Waals surface area contributed by atoms with Crippen LogP contribution in [-0.4, -0.2) is 17.0 Å². The summed E-state index contributed by atoms with van der Waals surface area (Å²) in [4.78, 5) is 14.9. The van der Waals surface area contributed by atoms with Crippen molar-refractivity contribution in [3.8, 4) is 0 Å². The second-order valence-electron chi connectivity index (χ2n) is 2.14. The van der Waals surface area contributed by atoms with Gasteiger partial charge in [0.05, 0.1) is 5.03 Å². The van der Waals surface area contributed by atoms with E-state index >= 15 is 0 Å². The molecule has 0 aliphatic rings. The molecule has 0 radical (unpaired) electrons. The molecule has 1 aromatic rings. The van der Waals surface area contributed by atoms with Gasteiger partial charge in [0.25, 0.3) is 0 Å². The van der Waals surface area contributed by atoms with Crippen LogP contribution in [0, 0.1) is 0 Å². The number of carbonyl (C=O) groups excluding carboxylic acids is 1. The van der Waals surface area contributed by atoms with Crippen molar-refractivity contribution in [3.05, 3.63) is 23.9 Å². The van der Waals surface area contributed by atoms with Crippen LogP contribution >= 0.6 is 11.8 Å². The van der Waals surface area contributed by atoms with Crippen molar-refractivity contribution in [1.29, 1.82) is 0 Å². The van der Waals surface area contributed by atoms with Crippen molar-refractivity contribution >= 4 is 17.5 Å². The molecule has 0 aliphatic heterocycles. The topological polar surface area (TPSA) is 30.0 Å². The molecular weight excluding hydrogens is 158 g/mol. The molecule has 0 unspecified atom stereocenters. The third-order valence-electron chi connectivity index (χ3n) is 1.35. The number of carbonyl (C=O) groups is 1. The number of pyridine rings is 1. The maximum absolute atomic E-state index is 10.9. The molecule has 2 nitrogen and oxygen atoms in total. The van der Waals surface area contributed by atoms with Crippen LogP contribution in [0.15, 0.2) is 23.4 Å². The normalized spacial score (nSPS) is 9.64. The van der Waals surface area contributed by atoms with Crippen LogP contribution in [-0.2, 0) is 0 Å². The highest BCUT2D eigenvalue weighted by Crippen LogP contribution is 2.12. The van der Waals surface area contributed by atoms with Crippen molar-refractivity contribution in [2.45, 2.75) is 11.9 Å². The van der Waals surface area contributed by atoms with E-state index < -0.39 is 0 Å².